The van der Waals surface area contributed by atoms with Crippen LogP contribution in [-0.4, -0.2) is 34.5 Å². The molecule has 16 heavy (non-hydrogen) atoms. The molecule has 2 aliphatic rings. The minimum atomic E-state index is 0.138. The highest BCUT2D eigenvalue weighted by molar-refractivity contribution is 5.93. The summed E-state index contributed by atoms with van der Waals surface area (Å²) < 4.78 is 2.13. The zero-order valence-corrected chi connectivity index (χ0v) is 9.30. The number of likely N-dealkylation sites (tertiary alicyclic amines) is 1. The average molecular weight is 219 g/mol. The first-order valence-corrected chi connectivity index (χ1v) is 5.97. The molecule has 1 aliphatic carbocycles. The highest BCUT2D eigenvalue weighted by atomic mass is 16.2. The van der Waals surface area contributed by atoms with Gasteiger partial charge < -0.3 is 15.2 Å². The maximum Gasteiger partial charge on any atom is 0.270 e. The van der Waals surface area contributed by atoms with Crippen molar-refractivity contribution in [3.8, 4) is 0 Å². The SMILES string of the molecule is NC1CN(C(=O)c2cccn2C2CCC2)C1. The van der Waals surface area contributed by atoms with E-state index in [1.807, 2.05) is 23.2 Å². The number of aromatic nitrogens is 1. The highest BCUT2D eigenvalue weighted by Crippen LogP contribution is 2.33. The van der Waals surface area contributed by atoms with Gasteiger partial charge >= 0.3 is 0 Å². The van der Waals surface area contributed by atoms with E-state index in [1.165, 1.54) is 19.3 Å². The molecule has 1 aromatic rings. The van der Waals surface area contributed by atoms with Crippen LogP contribution in [0.4, 0.5) is 0 Å². The van der Waals surface area contributed by atoms with Crippen LogP contribution in [0.15, 0.2) is 18.3 Å². The maximum absolute atomic E-state index is 12.1. The van der Waals surface area contributed by atoms with Gasteiger partial charge in [0.1, 0.15) is 5.69 Å². The molecule has 0 bridgehead atoms. The normalized spacial score (nSPS) is 21.7. The van der Waals surface area contributed by atoms with Gasteiger partial charge in [-0.25, -0.2) is 0 Å². The van der Waals surface area contributed by atoms with Gasteiger partial charge in [-0.3, -0.25) is 4.79 Å². The van der Waals surface area contributed by atoms with Gasteiger partial charge in [0.2, 0.25) is 0 Å². The highest BCUT2D eigenvalue weighted by Gasteiger charge is 2.31. The second-order valence-electron chi connectivity index (χ2n) is 4.86. The number of nitrogens with two attached hydrogens (primary N) is 1. The molecule has 1 aromatic heterocycles. The molecule has 3 rings (SSSR count). The molecule has 4 nitrogen and oxygen atoms in total. The van der Waals surface area contributed by atoms with Gasteiger partial charge in [-0.15, -0.1) is 0 Å². The van der Waals surface area contributed by atoms with E-state index in [0.29, 0.717) is 19.1 Å². The van der Waals surface area contributed by atoms with Gasteiger partial charge in [-0.1, -0.05) is 0 Å². The third-order valence-corrected chi connectivity index (χ3v) is 3.66. The number of carbonyl (C=O) groups excluding carboxylic acids is 1. The molecular formula is C12H17N3O. The zero-order valence-electron chi connectivity index (χ0n) is 9.30. The van der Waals surface area contributed by atoms with Crippen molar-refractivity contribution in [1.29, 1.82) is 0 Å². The van der Waals surface area contributed by atoms with Crippen LogP contribution < -0.4 is 5.73 Å². The number of rotatable bonds is 2. The fourth-order valence-corrected chi connectivity index (χ4v) is 2.40. The molecule has 2 N–H and O–H groups in total. The third kappa shape index (κ3) is 1.45. The molecule has 0 radical (unpaired) electrons. The molecule has 2 heterocycles. The number of nitrogens with zero attached hydrogens (tertiary/aromatic N) is 2. The molecule has 1 saturated carbocycles. The van der Waals surface area contributed by atoms with Crippen LogP contribution >= 0.6 is 0 Å². The predicted octanol–water partition coefficient (Wildman–Crippen LogP) is 0.996. The molecule has 1 saturated heterocycles. The van der Waals surface area contributed by atoms with E-state index in [1.54, 1.807) is 0 Å². The Morgan fingerprint density at radius 3 is 2.69 bits per heavy atom. The summed E-state index contributed by atoms with van der Waals surface area (Å²) in [5, 5.41) is 0. The van der Waals surface area contributed by atoms with E-state index in [-0.39, 0.29) is 11.9 Å². The molecule has 0 spiro atoms. The second-order valence-corrected chi connectivity index (χ2v) is 4.86. The summed E-state index contributed by atoms with van der Waals surface area (Å²) in [7, 11) is 0. The topological polar surface area (TPSA) is 51.3 Å². The lowest BCUT2D eigenvalue weighted by Gasteiger charge is -2.38. The first-order chi connectivity index (χ1) is 7.75. The van der Waals surface area contributed by atoms with E-state index in [4.69, 9.17) is 5.73 Å². The van der Waals surface area contributed by atoms with Gasteiger partial charge in [0.05, 0.1) is 0 Å². The zero-order chi connectivity index (χ0) is 11.1. The largest absolute Gasteiger partial charge is 0.340 e. The van der Waals surface area contributed by atoms with Gasteiger partial charge in [-0.2, -0.15) is 0 Å². The van der Waals surface area contributed by atoms with E-state index < -0.39 is 0 Å². The van der Waals surface area contributed by atoms with Crippen LogP contribution in [0, 0.1) is 0 Å². The average Bonchev–Trinajstić information content (AvgIpc) is 2.58. The standard InChI is InChI=1S/C12H17N3O/c13-9-7-14(8-9)12(16)11-5-2-6-15(11)10-3-1-4-10/h2,5-6,9-10H,1,3-4,7-8,13H2. The molecular weight excluding hydrogens is 202 g/mol. The van der Waals surface area contributed by atoms with Crippen molar-refractivity contribution in [2.75, 3.05) is 13.1 Å². The molecule has 1 amide bonds. The summed E-state index contributed by atoms with van der Waals surface area (Å²) in [6.07, 6.45) is 5.71. The van der Waals surface area contributed by atoms with Gasteiger partial charge in [0.25, 0.3) is 5.91 Å². The van der Waals surface area contributed by atoms with Crippen molar-refractivity contribution < 1.29 is 4.79 Å². The predicted molar refractivity (Wildman–Crippen MR) is 61.2 cm³/mol. The number of hydrogen-bond donors (Lipinski definition) is 1. The van der Waals surface area contributed by atoms with Crippen molar-refractivity contribution in [2.45, 2.75) is 31.3 Å². The van der Waals surface area contributed by atoms with E-state index in [9.17, 15) is 4.79 Å². The van der Waals surface area contributed by atoms with Crippen LogP contribution in [0.1, 0.15) is 35.8 Å². The Kier molecular flexibility index (Phi) is 2.24. The van der Waals surface area contributed by atoms with Crippen molar-refractivity contribution in [3.05, 3.63) is 24.0 Å². The lowest BCUT2D eigenvalue weighted by molar-refractivity contribution is 0.0591. The maximum atomic E-state index is 12.1. The fourth-order valence-electron chi connectivity index (χ4n) is 2.40. The molecule has 0 unspecified atom stereocenters. The Morgan fingerprint density at radius 1 is 1.38 bits per heavy atom. The van der Waals surface area contributed by atoms with Crippen LogP contribution in [0.3, 0.4) is 0 Å². The molecule has 1 aliphatic heterocycles. The third-order valence-electron chi connectivity index (χ3n) is 3.66. The summed E-state index contributed by atoms with van der Waals surface area (Å²) in [4.78, 5) is 14.0. The van der Waals surface area contributed by atoms with E-state index in [2.05, 4.69) is 4.57 Å². The fraction of sp³-hybridized carbons (Fsp3) is 0.583. The Hall–Kier alpha value is -1.29. The van der Waals surface area contributed by atoms with Crippen LogP contribution in [0.2, 0.25) is 0 Å². The van der Waals surface area contributed by atoms with Crippen LogP contribution in [0.25, 0.3) is 0 Å². The summed E-state index contributed by atoms with van der Waals surface area (Å²) >= 11 is 0. The lowest BCUT2D eigenvalue weighted by Crippen LogP contribution is -2.58. The summed E-state index contributed by atoms with van der Waals surface area (Å²) in [5.41, 5.74) is 6.52. The van der Waals surface area contributed by atoms with Crippen LogP contribution in [-0.2, 0) is 0 Å². The summed E-state index contributed by atoms with van der Waals surface area (Å²) in [6, 6.07) is 4.61. The lowest BCUT2D eigenvalue weighted by atomic mass is 9.92. The first kappa shape index (κ1) is 9.90. The van der Waals surface area contributed by atoms with Gasteiger partial charge in [0, 0.05) is 31.4 Å². The molecule has 86 valence electrons. The minimum absolute atomic E-state index is 0.138. The second kappa shape index (κ2) is 3.63. The Bertz CT molecular complexity index is 402. The Labute approximate surface area is 95.0 Å². The molecule has 2 fully saturated rings. The molecule has 0 aromatic carbocycles. The first-order valence-electron chi connectivity index (χ1n) is 5.97. The quantitative estimate of drug-likeness (QED) is 0.806. The smallest absolute Gasteiger partial charge is 0.270 e. The summed E-state index contributed by atoms with van der Waals surface area (Å²) in [6.45, 7) is 1.41. The van der Waals surface area contributed by atoms with Gasteiger partial charge in [0.15, 0.2) is 0 Å². The van der Waals surface area contributed by atoms with Crippen LogP contribution in [0.5, 0.6) is 0 Å². The van der Waals surface area contributed by atoms with E-state index in [0.717, 1.165) is 5.69 Å². The van der Waals surface area contributed by atoms with Gasteiger partial charge in [-0.05, 0) is 31.4 Å². The number of carbonyl (C=O) groups is 1. The van der Waals surface area contributed by atoms with E-state index >= 15 is 0 Å². The minimum Gasteiger partial charge on any atom is -0.340 e. The van der Waals surface area contributed by atoms with Crippen molar-refractivity contribution in [3.63, 3.8) is 0 Å². The number of hydrogen-bond acceptors (Lipinski definition) is 2. The molecule has 4 heteroatoms. The molecule has 0 atom stereocenters. The summed E-state index contributed by atoms with van der Waals surface area (Å²) in [5.74, 6) is 0.138. The monoisotopic (exact) mass is 219 g/mol. The Balaban J connectivity index is 1.78. The number of amides is 1. The van der Waals surface area contributed by atoms with Crippen molar-refractivity contribution >= 4 is 5.91 Å². The Morgan fingerprint density at radius 2 is 2.12 bits per heavy atom. The van der Waals surface area contributed by atoms with Crippen molar-refractivity contribution in [1.82, 2.24) is 9.47 Å². The van der Waals surface area contributed by atoms with Crippen molar-refractivity contribution in [2.24, 2.45) is 5.73 Å².